The Kier molecular flexibility index (Phi) is 5.21. The molecule has 0 aromatic carbocycles. The van der Waals surface area contributed by atoms with Crippen molar-refractivity contribution in [1.82, 2.24) is 5.32 Å². The lowest BCUT2D eigenvalue weighted by Crippen LogP contribution is -2.20. The average molecular weight is 150 g/mol. The van der Waals surface area contributed by atoms with Gasteiger partial charge in [-0.05, 0) is 25.8 Å². The quantitative estimate of drug-likeness (QED) is 0.633. The highest BCUT2D eigenvalue weighted by atomic mass is 35.5. The molecule has 0 spiro atoms. The van der Waals surface area contributed by atoms with E-state index in [2.05, 4.69) is 12.2 Å². The molecular weight excluding hydrogens is 134 g/mol. The van der Waals surface area contributed by atoms with Crippen LogP contribution in [0.3, 0.4) is 0 Å². The van der Waals surface area contributed by atoms with Gasteiger partial charge in [0.05, 0.1) is 0 Å². The van der Waals surface area contributed by atoms with E-state index in [0.29, 0.717) is 0 Å². The highest BCUT2D eigenvalue weighted by Crippen LogP contribution is 2.09. The summed E-state index contributed by atoms with van der Waals surface area (Å²) < 4.78 is 0. The molecule has 1 fully saturated rings. The Morgan fingerprint density at radius 3 is 2.78 bits per heavy atom. The molecule has 0 amide bonds. The van der Waals surface area contributed by atoms with Gasteiger partial charge in [-0.2, -0.15) is 0 Å². The maximum Gasteiger partial charge on any atom is 0.00674 e. The molecule has 0 aliphatic carbocycles. The Balaban J connectivity index is 0.000000640. The van der Waals surface area contributed by atoms with Crippen LogP contribution in [0.4, 0.5) is 0 Å². The highest BCUT2D eigenvalue weighted by Gasteiger charge is 2.11. The molecule has 0 unspecified atom stereocenters. The van der Waals surface area contributed by atoms with Gasteiger partial charge in [0, 0.05) is 6.04 Å². The SMILES string of the molecule is CCC[C@@H]1CCCN1.Cl. The molecule has 2 heteroatoms. The predicted octanol–water partition coefficient (Wildman–Crippen LogP) is 1.96. The van der Waals surface area contributed by atoms with Crippen molar-refractivity contribution in [2.75, 3.05) is 6.54 Å². The molecule has 1 aliphatic heterocycles. The molecule has 0 aromatic heterocycles. The lowest BCUT2D eigenvalue weighted by atomic mass is 10.1. The highest BCUT2D eigenvalue weighted by molar-refractivity contribution is 5.85. The Hall–Kier alpha value is 0.250. The molecule has 9 heavy (non-hydrogen) atoms. The van der Waals surface area contributed by atoms with Crippen molar-refractivity contribution in [2.24, 2.45) is 0 Å². The normalized spacial score (nSPS) is 25.7. The van der Waals surface area contributed by atoms with Crippen LogP contribution in [0, 0.1) is 0 Å². The smallest absolute Gasteiger partial charge is 0.00674 e. The van der Waals surface area contributed by atoms with Crippen molar-refractivity contribution in [3.05, 3.63) is 0 Å². The van der Waals surface area contributed by atoms with Gasteiger partial charge >= 0.3 is 0 Å². The number of hydrogen-bond acceptors (Lipinski definition) is 1. The molecule has 1 rings (SSSR count). The maximum absolute atomic E-state index is 3.46. The second-order valence-corrected chi connectivity index (χ2v) is 2.58. The predicted molar refractivity (Wildman–Crippen MR) is 43.2 cm³/mol. The molecule has 1 aliphatic rings. The van der Waals surface area contributed by atoms with Crippen LogP contribution in [0.1, 0.15) is 32.6 Å². The summed E-state index contributed by atoms with van der Waals surface area (Å²) in [5, 5.41) is 3.46. The van der Waals surface area contributed by atoms with E-state index < -0.39 is 0 Å². The first-order valence-corrected chi connectivity index (χ1v) is 3.67. The fourth-order valence-corrected chi connectivity index (χ4v) is 1.35. The molecule has 1 N–H and O–H groups in total. The van der Waals surface area contributed by atoms with Crippen LogP contribution in [-0.4, -0.2) is 12.6 Å². The van der Waals surface area contributed by atoms with Crippen molar-refractivity contribution in [3.63, 3.8) is 0 Å². The zero-order chi connectivity index (χ0) is 5.82. The van der Waals surface area contributed by atoms with Crippen molar-refractivity contribution in [1.29, 1.82) is 0 Å². The van der Waals surface area contributed by atoms with Crippen molar-refractivity contribution < 1.29 is 0 Å². The summed E-state index contributed by atoms with van der Waals surface area (Å²) >= 11 is 0. The minimum Gasteiger partial charge on any atom is -0.314 e. The first kappa shape index (κ1) is 9.25. The Morgan fingerprint density at radius 2 is 2.33 bits per heavy atom. The van der Waals surface area contributed by atoms with E-state index in [0.717, 1.165) is 6.04 Å². The molecule has 1 heterocycles. The third-order valence-corrected chi connectivity index (χ3v) is 1.80. The summed E-state index contributed by atoms with van der Waals surface area (Å²) in [5.74, 6) is 0. The largest absolute Gasteiger partial charge is 0.314 e. The van der Waals surface area contributed by atoms with Gasteiger partial charge in [-0.1, -0.05) is 13.3 Å². The van der Waals surface area contributed by atoms with Gasteiger partial charge in [-0.3, -0.25) is 0 Å². The van der Waals surface area contributed by atoms with Gasteiger partial charge in [0.15, 0.2) is 0 Å². The summed E-state index contributed by atoms with van der Waals surface area (Å²) in [6.07, 6.45) is 5.51. The Bertz CT molecular complexity index is 59.9. The molecule has 56 valence electrons. The van der Waals surface area contributed by atoms with E-state index >= 15 is 0 Å². The third-order valence-electron chi connectivity index (χ3n) is 1.80. The van der Waals surface area contributed by atoms with Gasteiger partial charge in [-0.25, -0.2) is 0 Å². The van der Waals surface area contributed by atoms with E-state index in [9.17, 15) is 0 Å². The fraction of sp³-hybridized carbons (Fsp3) is 1.00. The summed E-state index contributed by atoms with van der Waals surface area (Å²) in [5.41, 5.74) is 0. The van der Waals surface area contributed by atoms with Gasteiger partial charge < -0.3 is 5.32 Å². The minimum atomic E-state index is 0. The fourth-order valence-electron chi connectivity index (χ4n) is 1.35. The minimum absolute atomic E-state index is 0. The third kappa shape index (κ3) is 3.07. The molecule has 1 saturated heterocycles. The summed E-state index contributed by atoms with van der Waals surface area (Å²) in [7, 11) is 0. The van der Waals surface area contributed by atoms with Crippen molar-refractivity contribution in [3.8, 4) is 0 Å². The van der Waals surface area contributed by atoms with E-state index in [1.54, 1.807) is 0 Å². The molecule has 1 atom stereocenters. The Morgan fingerprint density at radius 1 is 1.56 bits per heavy atom. The second-order valence-electron chi connectivity index (χ2n) is 2.58. The van der Waals surface area contributed by atoms with E-state index in [4.69, 9.17) is 0 Å². The number of hydrogen-bond donors (Lipinski definition) is 1. The Labute approximate surface area is 63.6 Å². The molecule has 1 nitrogen and oxygen atoms in total. The van der Waals surface area contributed by atoms with Crippen molar-refractivity contribution >= 4 is 12.4 Å². The van der Waals surface area contributed by atoms with E-state index in [1.165, 1.54) is 32.2 Å². The van der Waals surface area contributed by atoms with Crippen LogP contribution >= 0.6 is 12.4 Å². The topological polar surface area (TPSA) is 12.0 Å². The molecule has 0 radical (unpaired) electrons. The van der Waals surface area contributed by atoms with Gasteiger partial charge in [0.25, 0.3) is 0 Å². The lowest BCUT2D eigenvalue weighted by Gasteiger charge is -2.05. The molecular formula is C7H16ClN. The first-order valence-electron chi connectivity index (χ1n) is 3.67. The maximum atomic E-state index is 3.46. The molecule has 0 aromatic rings. The van der Waals surface area contributed by atoms with Gasteiger partial charge in [0.2, 0.25) is 0 Å². The second kappa shape index (κ2) is 5.07. The van der Waals surface area contributed by atoms with Crippen LogP contribution in [0.5, 0.6) is 0 Å². The molecule has 0 saturated carbocycles. The summed E-state index contributed by atoms with van der Waals surface area (Å²) in [6.45, 7) is 3.50. The number of rotatable bonds is 2. The van der Waals surface area contributed by atoms with Crippen LogP contribution in [-0.2, 0) is 0 Å². The average Bonchev–Trinajstić information content (AvgIpc) is 2.19. The van der Waals surface area contributed by atoms with Crippen LogP contribution < -0.4 is 5.32 Å². The van der Waals surface area contributed by atoms with Crippen LogP contribution in [0.25, 0.3) is 0 Å². The summed E-state index contributed by atoms with van der Waals surface area (Å²) in [6, 6.07) is 0.861. The molecule has 0 bridgehead atoms. The summed E-state index contributed by atoms with van der Waals surface area (Å²) in [4.78, 5) is 0. The zero-order valence-electron chi connectivity index (χ0n) is 6.02. The zero-order valence-corrected chi connectivity index (χ0v) is 6.84. The van der Waals surface area contributed by atoms with E-state index in [1.807, 2.05) is 0 Å². The van der Waals surface area contributed by atoms with Crippen molar-refractivity contribution in [2.45, 2.75) is 38.6 Å². The lowest BCUT2D eigenvalue weighted by molar-refractivity contribution is 0.551. The monoisotopic (exact) mass is 149 g/mol. The number of nitrogens with one attached hydrogen (secondary N) is 1. The van der Waals surface area contributed by atoms with Crippen LogP contribution in [0.2, 0.25) is 0 Å². The van der Waals surface area contributed by atoms with Gasteiger partial charge in [0.1, 0.15) is 0 Å². The van der Waals surface area contributed by atoms with E-state index in [-0.39, 0.29) is 12.4 Å². The van der Waals surface area contributed by atoms with Crippen LogP contribution in [0.15, 0.2) is 0 Å². The van der Waals surface area contributed by atoms with Gasteiger partial charge in [-0.15, -0.1) is 12.4 Å². The number of halogens is 1. The first-order chi connectivity index (χ1) is 3.93. The standard InChI is InChI=1S/C7H15N.ClH/c1-2-4-7-5-3-6-8-7;/h7-8H,2-6H2,1H3;1H/t7-;/m1./s1.